The molecule has 1 aliphatic heterocycles. The first-order valence-electron chi connectivity index (χ1n) is 11.2. The second-order valence-electron chi connectivity index (χ2n) is 8.01. The average molecular weight is 445 g/mol. The molecule has 1 saturated heterocycles. The Morgan fingerprint density at radius 2 is 1.67 bits per heavy atom. The lowest BCUT2D eigenvalue weighted by molar-refractivity contribution is 0.102. The summed E-state index contributed by atoms with van der Waals surface area (Å²) in [5.41, 5.74) is 2.48. The second kappa shape index (κ2) is 11.2. The van der Waals surface area contributed by atoms with Crippen molar-refractivity contribution in [1.29, 1.82) is 0 Å². The van der Waals surface area contributed by atoms with E-state index in [1.54, 1.807) is 47.5 Å². The molecule has 0 saturated carbocycles. The van der Waals surface area contributed by atoms with Crippen molar-refractivity contribution >= 4 is 17.7 Å². The number of carbonyl (C=O) groups excluding carboxylic acids is 2. The van der Waals surface area contributed by atoms with Crippen LogP contribution < -0.4 is 10.1 Å². The normalized spacial score (nSPS) is 14.0. The Kier molecular flexibility index (Phi) is 7.66. The fourth-order valence-corrected chi connectivity index (χ4v) is 3.77. The van der Waals surface area contributed by atoms with Crippen LogP contribution in [0.2, 0.25) is 0 Å². The molecular weight excluding hydrogens is 416 g/mol. The van der Waals surface area contributed by atoms with Crippen LogP contribution in [0.1, 0.15) is 22.3 Å². The summed E-state index contributed by atoms with van der Waals surface area (Å²) in [4.78, 5) is 33.0. The van der Waals surface area contributed by atoms with E-state index >= 15 is 0 Å². The van der Waals surface area contributed by atoms with Crippen LogP contribution in [0.5, 0.6) is 5.75 Å². The van der Waals surface area contributed by atoms with Gasteiger partial charge in [-0.2, -0.15) is 0 Å². The molecule has 0 unspecified atom stereocenters. The van der Waals surface area contributed by atoms with Crippen molar-refractivity contribution in [1.82, 2.24) is 14.8 Å². The van der Waals surface area contributed by atoms with Gasteiger partial charge in [0.15, 0.2) is 0 Å². The standard InChI is InChI=1S/C26H28N4O3/c31-25(22-8-2-1-3-9-22)28-23-10-12-24(13-11-23)33-26(32)30-18-16-29(17-19-30)15-5-7-21-6-4-14-27-20-21/h1-4,6,8-14,20H,5,7,15-19H2,(H,28,31). The van der Waals surface area contributed by atoms with Gasteiger partial charge in [-0.1, -0.05) is 24.3 Å². The molecule has 7 heteroatoms. The topological polar surface area (TPSA) is 74.8 Å². The molecule has 1 N–H and O–H groups in total. The van der Waals surface area contributed by atoms with Gasteiger partial charge in [0.2, 0.25) is 0 Å². The summed E-state index contributed by atoms with van der Waals surface area (Å²) >= 11 is 0. The summed E-state index contributed by atoms with van der Waals surface area (Å²) < 4.78 is 5.52. The van der Waals surface area contributed by atoms with E-state index in [1.165, 1.54) is 5.56 Å². The van der Waals surface area contributed by atoms with Crippen molar-refractivity contribution in [3.8, 4) is 5.75 Å². The minimum atomic E-state index is -0.342. The maximum atomic E-state index is 12.5. The van der Waals surface area contributed by atoms with Crippen LogP contribution in [-0.2, 0) is 6.42 Å². The van der Waals surface area contributed by atoms with Gasteiger partial charge in [0.1, 0.15) is 5.75 Å². The zero-order valence-corrected chi connectivity index (χ0v) is 18.5. The van der Waals surface area contributed by atoms with E-state index in [9.17, 15) is 9.59 Å². The largest absolute Gasteiger partial charge is 0.415 e. The van der Waals surface area contributed by atoms with Crippen molar-refractivity contribution in [2.45, 2.75) is 12.8 Å². The molecule has 4 rings (SSSR count). The predicted molar refractivity (Wildman–Crippen MR) is 127 cm³/mol. The lowest BCUT2D eigenvalue weighted by atomic mass is 10.1. The van der Waals surface area contributed by atoms with Crippen molar-refractivity contribution in [2.24, 2.45) is 0 Å². The number of hydrogen-bond acceptors (Lipinski definition) is 5. The fraction of sp³-hybridized carbons (Fsp3) is 0.269. The molecule has 1 fully saturated rings. The summed E-state index contributed by atoms with van der Waals surface area (Å²) in [6, 6.07) is 19.9. The van der Waals surface area contributed by atoms with E-state index in [0.717, 1.165) is 32.5 Å². The average Bonchev–Trinajstić information content (AvgIpc) is 2.87. The third kappa shape index (κ3) is 6.63. The summed E-state index contributed by atoms with van der Waals surface area (Å²) in [5.74, 6) is 0.273. The summed E-state index contributed by atoms with van der Waals surface area (Å²) in [6.07, 6.45) is 5.45. The molecule has 0 aliphatic carbocycles. The van der Waals surface area contributed by atoms with E-state index in [-0.39, 0.29) is 12.0 Å². The number of piperazine rings is 1. The molecule has 0 bridgehead atoms. The number of benzene rings is 2. The number of nitrogens with zero attached hydrogens (tertiary/aromatic N) is 3. The van der Waals surface area contributed by atoms with Crippen LogP contribution in [0.3, 0.4) is 0 Å². The number of ether oxygens (including phenoxy) is 1. The van der Waals surface area contributed by atoms with Crippen molar-refractivity contribution in [3.05, 3.63) is 90.3 Å². The molecular formula is C26H28N4O3. The Balaban J connectivity index is 1.18. The van der Waals surface area contributed by atoms with Crippen LogP contribution in [0.25, 0.3) is 0 Å². The molecule has 7 nitrogen and oxygen atoms in total. The van der Waals surface area contributed by atoms with Crippen LogP contribution in [0, 0.1) is 0 Å². The zero-order valence-electron chi connectivity index (χ0n) is 18.5. The number of amides is 2. The molecule has 33 heavy (non-hydrogen) atoms. The monoisotopic (exact) mass is 444 g/mol. The van der Waals surface area contributed by atoms with E-state index in [1.807, 2.05) is 30.5 Å². The highest BCUT2D eigenvalue weighted by molar-refractivity contribution is 6.04. The van der Waals surface area contributed by atoms with Gasteiger partial charge in [-0.25, -0.2) is 4.79 Å². The molecule has 2 amide bonds. The Morgan fingerprint density at radius 1 is 0.909 bits per heavy atom. The number of anilines is 1. The first kappa shape index (κ1) is 22.5. The lowest BCUT2D eigenvalue weighted by Crippen LogP contribution is -2.49. The van der Waals surface area contributed by atoms with Gasteiger partial charge in [-0.15, -0.1) is 0 Å². The maximum absolute atomic E-state index is 12.5. The third-order valence-corrected chi connectivity index (χ3v) is 5.65. The Morgan fingerprint density at radius 3 is 2.36 bits per heavy atom. The zero-order chi connectivity index (χ0) is 22.9. The number of rotatable bonds is 7. The van der Waals surface area contributed by atoms with Gasteiger partial charge in [0.25, 0.3) is 5.91 Å². The molecule has 2 heterocycles. The minimum absolute atomic E-state index is 0.182. The Hall–Kier alpha value is -3.71. The van der Waals surface area contributed by atoms with Gasteiger partial charge in [0.05, 0.1) is 0 Å². The molecule has 0 spiro atoms. The summed E-state index contributed by atoms with van der Waals surface area (Å²) in [7, 11) is 0. The molecule has 1 aromatic heterocycles. The number of nitrogens with one attached hydrogen (secondary N) is 1. The van der Waals surface area contributed by atoms with Gasteiger partial charge in [-0.05, 0) is 67.4 Å². The summed E-state index contributed by atoms with van der Waals surface area (Å²) in [5, 5.41) is 2.84. The smallest absolute Gasteiger partial charge is 0.410 e. The molecule has 170 valence electrons. The summed E-state index contributed by atoms with van der Waals surface area (Å²) in [6.45, 7) is 3.99. The first-order valence-corrected chi connectivity index (χ1v) is 11.2. The molecule has 2 aromatic carbocycles. The van der Waals surface area contributed by atoms with Gasteiger partial charge in [0, 0.05) is 49.8 Å². The highest BCUT2D eigenvalue weighted by Gasteiger charge is 2.22. The van der Waals surface area contributed by atoms with Gasteiger partial charge >= 0.3 is 6.09 Å². The molecule has 1 aliphatic rings. The minimum Gasteiger partial charge on any atom is -0.410 e. The second-order valence-corrected chi connectivity index (χ2v) is 8.01. The van der Waals surface area contributed by atoms with E-state index < -0.39 is 0 Å². The Bertz CT molecular complexity index is 1030. The van der Waals surface area contributed by atoms with E-state index in [2.05, 4.69) is 21.3 Å². The number of carbonyl (C=O) groups is 2. The predicted octanol–water partition coefficient (Wildman–Crippen LogP) is 4.08. The SMILES string of the molecule is O=C(Nc1ccc(OC(=O)N2CCN(CCCc3cccnc3)CC2)cc1)c1ccccc1. The molecule has 0 radical (unpaired) electrons. The van der Waals surface area contributed by atoms with Crippen LogP contribution in [-0.4, -0.2) is 59.5 Å². The number of hydrogen-bond donors (Lipinski definition) is 1. The van der Waals surface area contributed by atoms with E-state index in [0.29, 0.717) is 30.1 Å². The molecule has 0 atom stereocenters. The molecule has 3 aromatic rings. The fourth-order valence-electron chi connectivity index (χ4n) is 3.77. The Labute approximate surface area is 194 Å². The lowest BCUT2D eigenvalue weighted by Gasteiger charge is -2.34. The van der Waals surface area contributed by atoms with Crippen molar-refractivity contribution in [2.75, 3.05) is 38.0 Å². The number of aryl methyl sites for hydroxylation is 1. The number of pyridine rings is 1. The van der Waals surface area contributed by atoms with Crippen LogP contribution in [0.4, 0.5) is 10.5 Å². The van der Waals surface area contributed by atoms with Gasteiger partial charge < -0.3 is 15.0 Å². The van der Waals surface area contributed by atoms with Gasteiger partial charge in [-0.3, -0.25) is 14.7 Å². The van der Waals surface area contributed by atoms with Crippen LogP contribution in [0.15, 0.2) is 79.1 Å². The highest BCUT2D eigenvalue weighted by Crippen LogP contribution is 2.18. The van der Waals surface area contributed by atoms with Crippen molar-refractivity contribution < 1.29 is 14.3 Å². The number of aromatic nitrogens is 1. The highest BCUT2D eigenvalue weighted by atomic mass is 16.6. The van der Waals surface area contributed by atoms with Crippen LogP contribution >= 0.6 is 0 Å². The first-order chi connectivity index (χ1) is 16.2. The third-order valence-electron chi connectivity index (χ3n) is 5.65. The quantitative estimate of drug-likeness (QED) is 0.594. The van der Waals surface area contributed by atoms with Crippen molar-refractivity contribution in [3.63, 3.8) is 0 Å². The maximum Gasteiger partial charge on any atom is 0.415 e. The van der Waals surface area contributed by atoms with E-state index in [4.69, 9.17) is 4.74 Å².